The highest BCUT2D eigenvalue weighted by Crippen LogP contribution is 2.37. The lowest BCUT2D eigenvalue weighted by molar-refractivity contribution is -0.149. The largest absolute Gasteiger partial charge is 0.466 e. The molecule has 2 heterocycles. The third-order valence-electron chi connectivity index (χ3n) is 5.78. The van der Waals surface area contributed by atoms with Crippen molar-refractivity contribution in [1.29, 1.82) is 0 Å². The minimum Gasteiger partial charge on any atom is -0.466 e. The Hall–Kier alpha value is -2.79. The summed E-state index contributed by atoms with van der Waals surface area (Å²) in [7, 11) is 0. The van der Waals surface area contributed by atoms with Crippen LogP contribution in [-0.2, 0) is 9.53 Å². The van der Waals surface area contributed by atoms with Crippen LogP contribution in [0, 0.1) is 5.92 Å². The van der Waals surface area contributed by atoms with Crippen LogP contribution in [0.5, 0.6) is 11.5 Å². The van der Waals surface area contributed by atoms with Gasteiger partial charge < -0.3 is 19.1 Å². The summed E-state index contributed by atoms with van der Waals surface area (Å²) in [5, 5.41) is 0. The van der Waals surface area contributed by atoms with Crippen molar-refractivity contribution in [3.63, 3.8) is 0 Å². The van der Waals surface area contributed by atoms with E-state index in [0.717, 1.165) is 67.1 Å². The number of carbonyl (C=O) groups is 1. The van der Waals surface area contributed by atoms with Crippen LogP contribution < -0.4 is 9.47 Å². The molecule has 0 bridgehead atoms. The van der Waals surface area contributed by atoms with Gasteiger partial charge in [-0.2, -0.15) is 0 Å². The summed E-state index contributed by atoms with van der Waals surface area (Å²) in [6.45, 7) is 5.37. The van der Waals surface area contributed by atoms with Crippen molar-refractivity contribution in [2.75, 3.05) is 33.0 Å². The van der Waals surface area contributed by atoms with E-state index in [1.807, 2.05) is 43.3 Å². The number of fused-ring (bicyclic) bond motifs is 2. The monoisotopic (exact) mass is 407 g/mol. The minimum atomic E-state index is -0.0398. The molecule has 158 valence electrons. The van der Waals surface area contributed by atoms with Gasteiger partial charge >= 0.3 is 5.97 Å². The predicted molar refractivity (Wildman–Crippen MR) is 117 cm³/mol. The molecule has 5 nitrogen and oxygen atoms in total. The lowest BCUT2D eigenvalue weighted by atomic mass is 9.94. The van der Waals surface area contributed by atoms with Gasteiger partial charge in [-0.15, -0.1) is 0 Å². The van der Waals surface area contributed by atoms with E-state index in [2.05, 4.69) is 23.1 Å². The van der Waals surface area contributed by atoms with Crippen molar-refractivity contribution in [2.45, 2.75) is 26.2 Å². The maximum Gasteiger partial charge on any atom is 0.309 e. The van der Waals surface area contributed by atoms with Crippen molar-refractivity contribution in [3.05, 3.63) is 65.7 Å². The topological polar surface area (TPSA) is 48.0 Å². The van der Waals surface area contributed by atoms with Crippen molar-refractivity contribution in [1.82, 2.24) is 4.90 Å². The molecule has 0 saturated carbocycles. The van der Waals surface area contributed by atoms with Crippen LogP contribution in [0.25, 0.3) is 5.57 Å². The summed E-state index contributed by atoms with van der Waals surface area (Å²) >= 11 is 0. The van der Waals surface area contributed by atoms with Crippen LogP contribution in [-0.4, -0.2) is 43.9 Å². The summed E-state index contributed by atoms with van der Waals surface area (Å²) in [5.41, 5.74) is 3.32. The minimum absolute atomic E-state index is 0.0398. The Bertz CT molecular complexity index is 850. The highest BCUT2D eigenvalue weighted by atomic mass is 16.7. The zero-order valence-electron chi connectivity index (χ0n) is 17.5. The molecule has 0 aromatic heterocycles. The van der Waals surface area contributed by atoms with Gasteiger partial charge in [0.1, 0.15) is 11.5 Å². The van der Waals surface area contributed by atoms with Crippen molar-refractivity contribution in [2.24, 2.45) is 5.92 Å². The van der Waals surface area contributed by atoms with Gasteiger partial charge in [-0.05, 0) is 57.0 Å². The molecule has 0 N–H and O–H groups in total. The molecule has 0 unspecified atom stereocenters. The SMILES string of the molecule is CCOC(=O)C1CCN(CCC=C2c3ccccc3OCOc3ccccc32)CC1. The molecule has 0 aliphatic carbocycles. The smallest absolute Gasteiger partial charge is 0.309 e. The second kappa shape index (κ2) is 9.81. The Kier molecular flexibility index (Phi) is 6.70. The Morgan fingerprint density at radius 3 is 2.23 bits per heavy atom. The fraction of sp³-hybridized carbons (Fsp3) is 0.400. The molecular weight excluding hydrogens is 378 g/mol. The third kappa shape index (κ3) is 4.68. The number of likely N-dealkylation sites (tertiary alicyclic amines) is 1. The molecule has 2 aromatic carbocycles. The molecule has 0 atom stereocenters. The second-order valence-corrected chi connectivity index (χ2v) is 7.67. The van der Waals surface area contributed by atoms with E-state index < -0.39 is 0 Å². The quantitative estimate of drug-likeness (QED) is 0.683. The van der Waals surface area contributed by atoms with E-state index in [1.54, 1.807) is 0 Å². The van der Waals surface area contributed by atoms with Crippen LogP contribution >= 0.6 is 0 Å². The van der Waals surface area contributed by atoms with Crippen molar-refractivity contribution < 1.29 is 19.0 Å². The number of benzene rings is 2. The average Bonchev–Trinajstić information content (AvgIpc) is 2.77. The number of piperidine rings is 1. The summed E-state index contributed by atoms with van der Waals surface area (Å²) < 4.78 is 16.9. The van der Waals surface area contributed by atoms with Crippen LogP contribution in [0.1, 0.15) is 37.3 Å². The Labute approximate surface area is 178 Å². The van der Waals surface area contributed by atoms with Gasteiger partial charge in [0.2, 0.25) is 6.79 Å². The predicted octanol–water partition coefficient (Wildman–Crippen LogP) is 4.51. The molecule has 0 amide bonds. The third-order valence-corrected chi connectivity index (χ3v) is 5.78. The van der Waals surface area contributed by atoms with E-state index in [0.29, 0.717) is 6.61 Å². The van der Waals surface area contributed by atoms with Gasteiger partial charge in [-0.3, -0.25) is 4.79 Å². The highest BCUT2D eigenvalue weighted by Gasteiger charge is 2.25. The molecular formula is C25H29NO4. The van der Waals surface area contributed by atoms with Gasteiger partial charge in [0.15, 0.2) is 0 Å². The first-order chi connectivity index (χ1) is 14.8. The van der Waals surface area contributed by atoms with E-state index in [1.165, 1.54) is 0 Å². The highest BCUT2D eigenvalue weighted by molar-refractivity contribution is 5.85. The fourth-order valence-corrected chi connectivity index (χ4v) is 4.20. The number of carbonyl (C=O) groups excluding carboxylic acids is 1. The molecule has 4 rings (SSSR count). The van der Waals surface area contributed by atoms with Crippen LogP contribution in [0.15, 0.2) is 54.6 Å². The lowest BCUT2D eigenvalue weighted by Gasteiger charge is -2.30. The number of hydrogen-bond donors (Lipinski definition) is 0. The Morgan fingerprint density at radius 2 is 1.63 bits per heavy atom. The molecule has 30 heavy (non-hydrogen) atoms. The summed E-state index contributed by atoms with van der Waals surface area (Å²) in [4.78, 5) is 14.4. The van der Waals surface area contributed by atoms with Gasteiger partial charge in [0, 0.05) is 17.7 Å². The zero-order valence-corrected chi connectivity index (χ0v) is 17.5. The van der Waals surface area contributed by atoms with Crippen LogP contribution in [0.4, 0.5) is 0 Å². The first-order valence-corrected chi connectivity index (χ1v) is 10.8. The van der Waals surface area contributed by atoms with Crippen molar-refractivity contribution >= 4 is 11.5 Å². The first-order valence-electron chi connectivity index (χ1n) is 10.8. The van der Waals surface area contributed by atoms with E-state index in [4.69, 9.17) is 14.2 Å². The fourth-order valence-electron chi connectivity index (χ4n) is 4.20. The second-order valence-electron chi connectivity index (χ2n) is 7.67. The van der Waals surface area contributed by atoms with Gasteiger partial charge in [0.25, 0.3) is 0 Å². The van der Waals surface area contributed by atoms with Gasteiger partial charge in [-0.25, -0.2) is 0 Å². The summed E-state index contributed by atoms with van der Waals surface area (Å²) in [5.74, 6) is 1.70. The average molecular weight is 408 g/mol. The normalized spacial score (nSPS) is 16.9. The zero-order chi connectivity index (χ0) is 20.8. The van der Waals surface area contributed by atoms with Gasteiger partial charge in [-0.1, -0.05) is 42.5 Å². The van der Waals surface area contributed by atoms with E-state index >= 15 is 0 Å². The maximum atomic E-state index is 11.9. The number of rotatable bonds is 5. The molecule has 5 heteroatoms. The summed E-state index contributed by atoms with van der Waals surface area (Å²) in [6, 6.07) is 16.2. The molecule has 1 fully saturated rings. The number of hydrogen-bond acceptors (Lipinski definition) is 5. The van der Waals surface area contributed by atoms with E-state index in [-0.39, 0.29) is 18.7 Å². The molecule has 0 spiro atoms. The van der Waals surface area contributed by atoms with Crippen LogP contribution in [0.2, 0.25) is 0 Å². The molecule has 1 saturated heterocycles. The summed E-state index contributed by atoms with van der Waals surface area (Å²) in [6.07, 6.45) is 4.96. The van der Waals surface area contributed by atoms with Gasteiger partial charge in [0.05, 0.1) is 12.5 Å². The van der Waals surface area contributed by atoms with Crippen molar-refractivity contribution in [3.8, 4) is 11.5 Å². The molecule has 2 aliphatic rings. The molecule has 0 radical (unpaired) electrons. The number of ether oxygens (including phenoxy) is 3. The Morgan fingerprint density at radius 1 is 1.03 bits per heavy atom. The molecule has 2 aliphatic heterocycles. The van der Waals surface area contributed by atoms with E-state index in [9.17, 15) is 4.79 Å². The number of esters is 1. The maximum absolute atomic E-state index is 11.9. The first kappa shape index (κ1) is 20.5. The van der Waals surface area contributed by atoms with Crippen LogP contribution in [0.3, 0.4) is 0 Å². The standard InChI is InChI=1S/C25H29NO4/c1-2-28-25(27)19-13-16-26(17-14-19)15-7-10-20-21-8-3-5-11-23(21)29-18-30-24-12-6-4-9-22(20)24/h3-6,8-12,19H,2,7,13-18H2,1H3. The number of nitrogens with zero attached hydrogens (tertiary/aromatic N) is 1. The lowest BCUT2D eigenvalue weighted by Crippen LogP contribution is -2.37. The molecule has 2 aromatic rings. The number of para-hydroxylation sites is 2. The Balaban J connectivity index is 1.47.